The fourth-order valence-corrected chi connectivity index (χ4v) is 3.29. The number of benzene rings is 1. The number of nitrogens with zero attached hydrogens (tertiary/aromatic N) is 2. The van der Waals surface area contributed by atoms with Crippen LogP contribution in [-0.4, -0.2) is 4.57 Å². The van der Waals surface area contributed by atoms with E-state index in [1.54, 1.807) is 12.1 Å². The van der Waals surface area contributed by atoms with Gasteiger partial charge in [0, 0.05) is 23.8 Å². The molecule has 1 aromatic heterocycles. The second-order valence-electron chi connectivity index (χ2n) is 4.41. The maximum Gasteiger partial charge on any atom is 0.120 e. The topological polar surface area (TPSA) is 40.8 Å². The van der Waals surface area contributed by atoms with Gasteiger partial charge in [-0.1, -0.05) is 39.1 Å². The smallest absolute Gasteiger partial charge is 0.120 e. The second kappa shape index (κ2) is 6.09. The predicted octanol–water partition coefficient (Wildman–Crippen LogP) is 4.89. The van der Waals surface area contributed by atoms with Gasteiger partial charge in [-0.2, -0.15) is 5.26 Å². The Morgan fingerprint density at radius 3 is 2.40 bits per heavy atom. The van der Waals surface area contributed by atoms with E-state index in [1.807, 2.05) is 24.6 Å². The number of rotatable bonds is 3. The molecule has 0 aliphatic carbocycles. The maximum atomic E-state index is 9.02. The molecule has 0 saturated carbocycles. The van der Waals surface area contributed by atoms with E-state index in [-0.39, 0.29) is 0 Å². The van der Waals surface area contributed by atoms with Crippen LogP contribution >= 0.6 is 39.1 Å². The number of anilines is 1. The highest BCUT2D eigenvalue weighted by molar-refractivity contribution is 9.10. The molecule has 0 aliphatic heterocycles. The predicted molar refractivity (Wildman–Crippen MR) is 86.4 cm³/mol. The van der Waals surface area contributed by atoms with E-state index in [4.69, 9.17) is 28.5 Å². The second-order valence-corrected chi connectivity index (χ2v) is 6.14. The zero-order valence-electron chi connectivity index (χ0n) is 11.0. The Balaban J connectivity index is 2.24. The molecule has 0 fully saturated rings. The van der Waals surface area contributed by atoms with E-state index in [9.17, 15) is 0 Å². The van der Waals surface area contributed by atoms with Crippen LogP contribution in [-0.2, 0) is 13.6 Å². The molecule has 6 heteroatoms. The fraction of sp³-hybridized carbons (Fsp3) is 0.214. The first-order chi connectivity index (χ1) is 9.43. The molecule has 0 radical (unpaired) electrons. The molecular formula is C14H12BrCl2N3. The van der Waals surface area contributed by atoms with Crippen LogP contribution in [0.25, 0.3) is 0 Å². The maximum absolute atomic E-state index is 9.02. The highest BCUT2D eigenvalue weighted by Gasteiger charge is 2.11. The van der Waals surface area contributed by atoms with Gasteiger partial charge < -0.3 is 9.88 Å². The molecule has 1 heterocycles. The molecule has 0 aliphatic rings. The standard InChI is InChI=1S/C14H12BrCl2N3/c1-8-9(3-11(6-18)20(8)2)7-19-14-12(16)4-10(15)5-13(14)17/h3-5,19H,7H2,1-2H3. The summed E-state index contributed by atoms with van der Waals surface area (Å²) in [5.41, 5.74) is 3.41. The minimum Gasteiger partial charge on any atom is -0.378 e. The van der Waals surface area contributed by atoms with E-state index in [2.05, 4.69) is 27.3 Å². The van der Waals surface area contributed by atoms with Gasteiger partial charge in [0.2, 0.25) is 0 Å². The lowest BCUT2D eigenvalue weighted by molar-refractivity contribution is 0.856. The van der Waals surface area contributed by atoms with Crippen LogP contribution in [0, 0.1) is 18.3 Å². The molecular weight excluding hydrogens is 361 g/mol. The van der Waals surface area contributed by atoms with Crippen LogP contribution in [0.15, 0.2) is 22.7 Å². The summed E-state index contributed by atoms with van der Waals surface area (Å²) in [4.78, 5) is 0. The van der Waals surface area contributed by atoms with Crippen LogP contribution < -0.4 is 5.32 Å². The molecule has 20 heavy (non-hydrogen) atoms. The summed E-state index contributed by atoms with van der Waals surface area (Å²) in [7, 11) is 1.87. The summed E-state index contributed by atoms with van der Waals surface area (Å²) in [6.07, 6.45) is 0. The minimum atomic E-state index is 0.554. The monoisotopic (exact) mass is 371 g/mol. The molecule has 1 aromatic carbocycles. The summed E-state index contributed by atoms with van der Waals surface area (Å²) < 4.78 is 2.70. The van der Waals surface area contributed by atoms with Crippen LogP contribution in [0.2, 0.25) is 10.0 Å². The Hall–Kier alpha value is -1.15. The summed E-state index contributed by atoms with van der Waals surface area (Å²) in [6, 6.07) is 7.60. The van der Waals surface area contributed by atoms with Gasteiger partial charge in [-0.25, -0.2) is 0 Å². The van der Waals surface area contributed by atoms with Crippen molar-refractivity contribution < 1.29 is 0 Å². The van der Waals surface area contributed by atoms with Gasteiger partial charge in [-0.3, -0.25) is 0 Å². The fourth-order valence-electron chi connectivity index (χ4n) is 1.94. The van der Waals surface area contributed by atoms with Gasteiger partial charge in [0.1, 0.15) is 11.8 Å². The molecule has 0 spiro atoms. The molecule has 2 aromatic rings. The van der Waals surface area contributed by atoms with Gasteiger partial charge in [0.25, 0.3) is 0 Å². The van der Waals surface area contributed by atoms with E-state index in [0.29, 0.717) is 28.0 Å². The zero-order valence-corrected chi connectivity index (χ0v) is 14.1. The van der Waals surface area contributed by atoms with Crippen LogP contribution in [0.5, 0.6) is 0 Å². The molecule has 104 valence electrons. The van der Waals surface area contributed by atoms with Crippen molar-refractivity contribution in [3.63, 3.8) is 0 Å². The summed E-state index contributed by atoms with van der Waals surface area (Å²) in [5.74, 6) is 0. The summed E-state index contributed by atoms with van der Waals surface area (Å²) in [6.45, 7) is 2.53. The summed E-state index contributed by atoms with van der Waals surface area (Å²) in [5, 5.41) is 13.4. The number of hydrogen-bond acceptors (Lipinski definition) is 2. The van der Waals surface area contributed by atoms with Crippen molar-refractivity contribution in [3.05, 3.63) is 49.7 Å². The Morgan fingerprint density at radius 2 is 1.90 bits per heavy atom. The molecule has 2 rings (SSSR count). The molecule has 1 N–H and O–H groups in total. The lowest BCUT2D eigenvalue weighted by Gasteiger charge is -2.11. The molecule has 3 nitrogen and oxygen atoms in total. The lowest BCUT2D eigenvalue weighted by Crippen LogP contribution is -2.02. The van der Waals surface area contributed by atoms with Gasteiger partial charge in [0.15, 0.2) is 0 Å². The average molecular weight is 373 g/mol. The third kappa shape index (κ3) is 2.95. The Kier molecular flexibility index (Phi) is 4.64. The minimum absolute atomic E-state index is 0.554. The zero-order chi connectivity index (χ0) is 14.9. The Morgan fingerprint density at radius 1 is 1.30 bits per heavy atom. The number of nitriles is 1. The van der Waals surface area contributed by atoms with Crippen molar-refractivity contribution in [1.29, 1.82) is 5.26 Å². The first-order valence-corrected chi connectivity index (χ1v) is 7.42. The SMILES string of the molecule is Cc1c(CNc2c(Cl)cc(Br)cc2Cl)cc(C#N)n1C. The van der Waals surface area contributed by atoms with E-state index in [1.165, 1.54) is 0 Å². The van der Waals surface area contributed by atoms with Crippen molar-refractivity contribution in [2.24, 2.45) is 7.05 Å². The average Bonchev–Trinajstić information content (AvgIpc) is 2.65. The number of nitrogens with one attached hydrogen (secondary N) is 1. The molecule has 0 bridgehead atoms. The highest BCUT2D eigenvalue weighted by Crippen LogP contribution is 2.34. The van der Waals surface area contributed by atoms with Gasteiger partial charge >= 0.3 is 0 Å². The van der Waals surface area contributed by atoms with E-state index in [0.717, 1.165) is 15.7 Å². The Bertz CT molecular complexity index is 678. The molecule has 0 atom stereocenters. The molecule has 0 amide bonds. The van der Waals surface area contributed by atoms with E-state index < -0.39 is 0 Å². The quantitative estimate of drug-likeness (QED) is 0.833. The highest BCUT2D eigenvalue weighted by atomic mass is 79.9. The first kappa shape index (κ1) is 15.2. The normalized spacial score (nSPS) is 10.4. The van der Waals surface area contributed by atoms with Crippen molar-refractivity contribution in [3.8, 4) is 6.07 Å². The van der Waals surface area contributed by atoms with Crippen LogP contribution in [0.3, 0.4) is 0 Å². The van der Waals surface area contributed by atoms with Crippen molar-refractivity contribution in [2.45, 2.75) is 13.5 Å². The van der Waals surface area contributed by atoms with E-state index >= 15 is 0 Å². The van der Waals surface area contributed by atoms with Gasteiger partial charge in [-0.05, 0) is 30.7 Å². The number of hydrogen-bond donors (Lipinski definition) is 1. The number of aromatic nitrogens is 1. The van der Waals surface area contributed by atoms with Gasteiger partial charge in [-0.15, -0.1) is 0 Å². The molecule has 0 unspecified atom stereocenters. The third-order valence-electron chi connectivity index (χ3n) is 3.22. The summed E-state index contributed by atoms with van der Waals surface area (Å²) >= 11 is 15.7. The third-order valence-corrected chi connectivity index (χ3v) is 4.27. The van der Waals surface area contributed by atoms with Crippen molar-refractivity contribution in [1.82, 2.24) is 4.57 Å². The van der Waals surface area contributed by atoms with Crippen molar-refractivity contribution in [2.75, 3.05) is 5.32 Å². The van der Waals surface area contributed by atoms with Crippen LogP contribution in [0.1, 0.15) is 17.0 Å². The molecule has 0 saturated heterocycles. The Labute approximate surface area is 136 Å². The van der Waals surface area contributed by atoms with Crippen molar-refractivity contribution >= 4 is 44.8 Å². The van der Waals surface area contributed by atoms with Crippen LogP contribution in [0.4, 0.5) is 5.69 Å². The van der Waals surface area contributed by atoms with Gasteiger partial charge in [0.05, 0.1) is 15.7 Å². The number of halogens is 3. The largest absolute Gasteiger partial charge is 0.378 e. The lowest BCUT2D eigenvalue weighted by atomic mass is 10.2. The first-order valence-electron chi connectivity index (χ1n) is 5.87.